The van der Waals surface area contributed by atoms with Crippen LogP contribution in [0.3, 0.4) is 0 Å². The zero-order chi connectivity index (χ0) is 11.4. The molecule has 86 valence electrons. The SMILES string of the molecule is CNCC(C)NCc1ccc2n[nH]nc2c1. The zero-order valence-corrected chi connectivity index (χ0v) is 9.62. The lowest BCUT2D eigenvalue weighted by Gasteiger charge is -2.12. The summed E-state index contributed by atoms with van der Waals surface area (Å²) in [6.07, 6.45) is 0. The van der Waals surface area contributed by atoms with Gasteiger partial charge in [-0.1, -0.05) is 6.07 Å². The van der Waals surface area contributed by atoms with Crippen molar-refractivity contribution in [2.75, 3.05) is 13.6 Å². The normalized spacial score (nSPS) is 13.1. The number of hydrogen-bond donors (Lipinski definition) is 3. The summed E-state index contributed by atoms with van der Waals surface area (Å²) < 4.78 is 0. The molecule has 1 atom stereocenters. The fourth-order valence-electron chi connectivity index (χ4n) is 1.67. The van der Waals surface area contributed by atoms with Gasteiger partial charge in [0.2, 0.25) is 0 Å². The van der Waals surface area contributed by atoms with Gasteiger partial charge in [0.05, 0.1) is 0 Å². The lowest BCUT2D eigenvalue weighted by molar-refractivity contribution is 0.523. The summed E-state index contributed by atoms with van der Waals surface area (Å²) in [5.74, 6) is 0. The summed E-state index contributed by atoms with van der Waals surface area (Å²) in [6, 6.07) is 6.57. The molecule has 0 amide bonds. The highest BCUT2D eigenvalue weighted by atomic mass is 15.3. The first-order valence-corrected chi connectivity index (χ1v) is 5.47. The van der Waals surface area contributed by atoms with E-state index in [2.05, 4.69) is 45.1 Å². The maximum absolute atomic E-state index is 4.07. The van der Waals surface area contributed by atoms with Gasteiger partial charge in [0, 0.05) is 19.1 Å². The van der Waals surface area contributed by atoms with Gasteiger partial charge in [-0.2, -0.15) is 15.4 Å². The molecule has 0 saturated carbocycles. The maximum Gasteiger partial charge on any atom is 0.113 e. The van der Waals surface area contributed by atoms with Crippen LogP contribution in [0.15, 0.2) is 18.2 Å². The van der Waals surface area contributed by atoms with Crippen molar-refractivity contribution in [3.8, 4) is 0 Å². The molecule has 2 aromatic rings. The van der Waals surface area contributed by atoms with Crippen molar-refractivity contribution in [2.24, 2.45) is 0 Å². The quantitative estimate of drug-likeness (QED) is 0.691. The predicted molar refractivity (Wildman–Crippen MR) is 64.1 cm³/mol. The molecule has 0 aliphatic carbocycles. The second-order valence-corrected chi connectivity index (χ2v) is 3.99. The maximum atomic E-state index is 4.07. The molecule has 3 N–H and O–H groups in total. The highest BCUT2D eigenvalue weighted by Gasteiger charge is 2.02. The van der Waals surface area contributed by atoms with Crippen molar-refractivity contribution in [3.63, 3.8) is 0 Å². The second kappa shape index (κ2) is 5.05. The minimum atomic E-state index is 0.456. The molecule has 0 aliphatic heterocycles. The fraction of sp³-hybridized carbons (Fsp3) is 0.455. The van der Waals surface area contributed by atoms with Gasteiger partial charge in [-0.05, 0) is 31.7 Å². The van der Waals surface area contributed by atoms with E-state index in [4.69, 9.17) is 0 Å². The van der Waals surface area contributed by atoms with E-state index in [0.717, 1.165) is 24.1 Å². The molecule has 5 nitrogen and oxygen atoms in total. The Kier molecular flexibility index (Phi) is 3.48. The second-order valence-electron chi connectivity index (χ2n) is 3.99. The average molecular weight is 219 g/mol. The van der Waals surface area contributed by atoms with Crippen molar-refractivity contribution >= 4 is 11.0 Å². The van der Waals surface area contributed by atoms with E-state index in [1.54, 1.807) is 0 Å². The Morgan fingerprint density at radius 2 is 2.12 bits per heavy atom. The summed E-state index contributed by atoms with van der Waals surface area (Å²) in [7, 11) is 1.96. The third-order valence-electron chi connectivity index (χ3n) is 2.55. The number of nitrogens with zero attached hydrogens (tertiary/aromatic N) is 2. The highest BCUT2D eigenvalue weighted by Crippen LogP contribution is 2.10. The van der Waals surface area contributed by atoms with E-state index >= 15 is 0 Å². The average Bonchev–Trinajstić information content (AvgIpc) is 2.74. The molecule has 0 bridgehead atoms. The summed E-state index contributed by atoms with van der Waals surface area (Å²) in [6.45, 7) is 3.98. The van der Waals surface area contributed by atoms with Crippen molar-refractivity contribution in [3.05, 3.63) is 23.8 Å². The molecular weight excluding hydrogens is 202 g/mol. The Bertz CT molecular complexity index is 450. The summed E-state index contributed by atoms with van der Waals surface area (Å²) >= 11 is 0. The molecule has 0 spiro atoms. The molecule has 5 heteroatoms. The van der Waals surface area contributed by atoms with Crippen LogP contribution in [0.25, 0.3) is 11.0 Å². The number of fused-ring (bicyclic) bond motifs is 1. The third-order valence-corrected chi connectivity index (χ3v) is 2.55. The molecule has 16 heavy (non-hydrogen) atoms. The number of benzene rings is 1. The van der Waals surface area contributed by atoms with E-state index in [1.165, 1.54) is 5.56 Å². The first-order chi connectivity index (χ1) is 7.79. The molecule has 0 fully saturated rings. The van der Waals surface area contributed by atoms with Crippen molar-refractivity contribution in [1.82, 2.24) is 26.0 Å². The van der Waals surface area contributed by atoms with Gasteiger partial charge in [0.25, 0.3) is 0 Å². The van der Waals surface area contributed by atoms with Crippen LogP contribution in [-0.4, -0.2) is 35.0 Å². The van der Waals surface area contributed by atoms with Gasteiger partial charge < -0.3 is 10.6 Å². The molecule has 0 saturated heterocycles. The topological polar surface area (TPSA) is 65.6 Å². The van der Waals surface area contributed by atoms with Crippen LogP contribution in [0, 0.1) is 0 Å². The minimum absolute atomic E-state index is 0.456. The molecular formula is C11H17N5. The lowest BCUT2D eigenvalue weighted by Crippen LogP contribution is -2.34. The number of likely N-dealkylation sites (N-methyl/N-ethyl adjacent to an activating group) is 1. The Labute approximate surface area is 94.6 Å². The van der Waals surface area contributed by atoms with Crippen molar-refractivity contribution in [2.45, 2.75) is 19.5 Å². The van der Waals surface area contributed by atoms with Crippen molar-refractivity contribution < 1.29 is 0 Å². The van der Waals surface area contributed by atoms with Crippen LogP contribution in [0.5, 0.6) is 0 Å². The molecule has 0 radical (unpaired) electrons. The van der Waals surface area contributed by atoms with Crippen LogP contribution in [0.1, 0.15) is 12.5 Å². The summed E-state index contributed by atoms with van der Waals surface area (Å²) in [5, 5.41) is 17.3. The van der Waals surface area contributed by atoms with Crippen LogP contribution in [0.4, 0.5) is 0 Å². The van der Waals surface area contributed by atoms with Gasteiger partial charge in [-0.15, -0.1) is 0 Å². The van der Waals surface area contributed by atoms with Crippen LogP contribution < -0.4 is 10.6 Å². The number of rotatable bonds is 5. The standard InChI is InChI=1S/C11H17N5/c1-8(6-12-2)13-7-9-3-4-10-11(5-9)15-16-14-10/h3-5,8,12-13H,6-7H2,1-2H3,(H,14,15,16). The Hall–Kier alpha value is -1.46. The number of hydrogen-bond acceptors (Lipinski definition) is 4. The van der Waals surface area contributed by atoms with E-state index in [-0.39, 0.29) is 0 Å². The Morgan fingerprint density at radius 3 is 2.94 bits per heavy atom. The largest absolute Gasteiger partial charge is 0.318 e. The van der Waals surface area contributed by atoms with Crippen LogP contribution in [0.2, 0.25) is 0 Å². The van der Waals surface area contributed by atoms with Crippen molar-refractivity contribution in [1.29, 1.82) is 0 Å². The van der Waals surface area contributed by atoms with Crippen LogP contribution in [-0.2, 0) is 6.54 Å². The number of aromatic nitrogens is 3. The Balaban J connectivity index is 1.98. The minimum Gasteiger partial charge on any atom is -0.318 e. The lowest BCUT2D eigenvalue weighted by atomic mass is 10.2. The molecule has 2 rings (SSSR count). The number of aromatic amines is 1. The van der Waals surface area contributed by atoms with E-state index in [1.807, 2.05) is 13.1 Å². The van der Waals surface area contributed by atoms with Gasteiger partial charge in [-0.25, -0.2) is 0 Å². The first kappa shape index (κ1) is 11.0. The van der Waals surface area contributed by atoms with E-state index in [9.17, 15) is 0 Å². The summed E-state index contributed by atoms with van der Waals surface area (Å²) in [4.78, 5) is 0. The van der Waals surface area contributed by atoms with E-state index < -0.39 is 0 Å². The first-order valence-electron chi connectivity index (χ1n) is 5.47. The van der Waals surface area contributed by atoms with Gasteiger partial charge in [-0.3, -0.25) is 0 Å². The summed E-state index contributed by atoms with van der Waals surface area (Å²) in [5.41, 5.74) is 3.05. The predicted octanol–water partition coefficient (Wildman–Crippen LogP) is 0.655. The van der Waals surface area contributed by atoms with Gasteiger partial charge in [0.1, 0.15) is 11.0 Å². The molecule has 1 heterocycles. The fourth-order valence-corrected chi connectivity index (χ4v) is 1.67. The highest BCUT2D eigenvalue weighted by molar-refractivity contribution is 5.74. The number of nitrogens with one attached hydrogen (secondary N) is 3. The number of H-pyrrole nitrogens is 1. The van der Waals surface area contributed by atoms with Gasteiger partial charge >= 0.3 is 0 Å². The van der Waals surface area contributed by atoms with Gasteiger partial charge in [0.15, 0.2) is 0 Å². The monoisotopic (exact) mass is 219 g/mol. The molecule has 1 unspecified atom stereocenters. The van der Waals surface area contributed by atoms with E-state index in [0.29, 0.717) is 6.04 Å². The molecule has 1 aromatic heterocycles. The third kappa shape index (κ3) is 2.56. The molecule has 1 aromatic carbocycles. The smallest absolute Gasteiger partial charge is 0.113 e. The molecule has 0 aliphatic rings. The van der Waals surface area contributed by atoms with Crippen LogP contribution >= 0.6 is 0 Å². The Morgan fingerprint density at radius 1 is 1.31 bits per heavy atom. The zero-order valence-electron chi connectivity index (χ0n) is 9.62.